The summed E-state index contributed by atoms with van der Waals surface area (Å²) in [6.45, 7) is 3.02. The molecule has 2 N–H and O–H groups in total. The standard InChI is InChI=1S/C14H15NO2S2/c1-2-16-13-8-10(14(15)18)5-6-12(13)17-9-11-4-3-7-19-11/h3-8H,2,9H2,1H3,(H2,15,18). The van der Waals surface area contributed by atoms with Gasteiger partial charge >= 0.3 is 0 Å². The second-order valence-corrected chi connectivity index (χ2v) is 5.30. The highest BCUT2D eigenvalue weighted by atomic mass is 32.1. The third-order valence-corrected chi connectivity index (χ3v) is 3.56. The monoisotopic (exact) mass is 293 g/mol. The zero-order chi connectivity index (χ0) is 13.7. The summed E-state index contributed by atoms with van der Waals surface area (Å²) in [7, 11) is 0. The van der Waals surface area contributed by atoms with Crippen molar-refractivity contribution < 1.29 is 9.47 Å². The van der Waals surface area contributed by atoms with Crippen molar-refractivity contribution >= 4 is 28.5 Å². The van der Waals surface area contributed by atoms with E-state index in [0.717, 1.165) is 5.56 Å². The zero-order valence-corrected chi connectivity index (χ0v) is 12.2. The first kappa shape index (κ1) is 13.8. The fourth-order valence-corrected chi connectivity index (χ4v) is 2.34. The fourth-order valence-electron chi connectivity index (χ4n) is 1.59. The molecular weight excluding hydrogens is 278 g/mol. The Labute approximate surface area is 122 Å². The second-order valence-electron chi connectivity index (χ2n) is 3.83. The van der Waals surface area contributed by atoms with Crippen molar-refractivity contribution in [1.82, 2.24) is 0 Å². The minimum atomic E-state index is 0.353. The molecule has 2 aromatic rings. The Morgan fingerprint density at radius 3 is 2.74 bits per heavy atom. The van der Waals surface area contributed by atoms with Gasteiger partial charge in [0.25, 0.3) is 0 Å². The van der Waals surface area contributed by atoms with E-state index in [9.17, 15) is 0 Å². The summed E-state index contributed by atoms with van der Waals surface area (Å²) in [6.07, 6.45) is 0. The molecule has 0 fully saturated rings. The van der Waals surface area contributed by atoms with E-state index in [-0.39, 0.29) is 0 Å². The number of rotatable bonds is 6. The average molecular weight is 293 g/mol. The highest BCUT2D eigenvalue weighted by Gasteiger charge is 2.08. The van der Waals surface area contributed by atoms with Crippen LogP contribution in [0.4, 0.5) is 0 Å². The molecule has 5 heteroatoms. The zero-order valence-electron chi connectivity index (χ0n) is 10.6. The molecule has 2 rings (SSSR count). The number of hydrogen-bond donors (Lipinski definition) is 1. The molecule has 1 heterocycles. The van der Waals surface area contributed by atoms with Crippen molar-refractivity contribution in [3.63, 3.8) is 0 Å². The van der Waals surface area contributed by atoms with Crippen LogP contribution in [0.25, 0.3) is 0 Å². The summed E-state index contributed by atoms with van der Waals surface area (Å²) < 4.78 is 11.3. The number of thiocarbonyl (C=S) groups is 1. The summed E-state index contributed by atoms with van der Waals surface area (Å²) in [5, 5.41) is 2.03. The summed E-state index contributed by atoms with van der Waals surface area (Å²) in [5.74, 6) is 1.37. The Hall–Kier alpha value is -1.59. The van der Waals surface area contributed by atoms with Gasteiger partial charge in [-0.25, -0.2) is 0 Å². The van der Waals surface area contributed by atoms with E-state index in [1.54, 1.807) is 11.3 Å². The van der Waals surface area contributed by atoms with E-state index in [2.05, 4.69) is 0 Å². The van der Waals surface area contributed by atoms with Crippen LogP contribution in [0.3, 0.4) is 0 Å². The van der Waals surface area contributed by atoms with Crippen molar-refractivity contribution in [2.45, 2.75) is 13.5 Å². The lowest BCUT2D eigenvalue weighted by molar-refractivity contribution is 0.271. The van der Waals surface area contributed by atoms with Crippen LogP contribution in [-0.4, -0.2) is 11.6 Å². The third-order valence-electron chi connectivity index (χ3n) is 2.48. The normalized spacial score (nSPS) is 10.2. The van der Waals surface area contributed by atoms with Gasteiger partial charge in [-0.3, -0.25) is 0 Å². The lowest BCUT2D eigenvalue weighted by Crippen LogP contribution is -2.10. The van der Waals surface area contributed by atoms with Crippen LogP contribution in [0.5, 0.6) is 11.5 Å². The van der Waals surface area contributed by atoms with Gasteiger partial charge in [0, 0.05) is 10.4 Å². The minimum absolute atomic E-state index is 0.353. The lowest BCUT2D eigenvalue weighted by Gasteiger charge is -2.12. The van der Waals surface area contributed by atoms with Crippen LogP contribution >= 0.6 is 23.6 Å². The maximum atomic E-state index is 5.77. The second kappa shape index (κ2) is 6.54. The summed E-state index contributed by atoms with van der Waals surface area (Å²) >= 11 is 6.62. The fraction of sp³-hybridized carbons (Fsp3) is 0.214. The molecule has 0 aliphatic rings. The van der Waals surface area contributed by atoms with Gasteiger partial charge in [-0.05, 0) is 36.6 Å². The van der Waals surface area contributed by atoms with E-state index in [0.29, 0.717) is 29.7 Å². The van der Waals surface area contributed by atoms with E-state index in [1.165, 1.54) is 4.88 Å². The van der Waals surface area contributed by atoms with Gasteiger partial charge in [0.1, 0.15) is 11.6 Å². The van der Waals surface area contributed by atoms with E-state index in [4.69, 9.17) is 27.4 Å². The average Bonchev–Trinajstić information content (AvgIpc) is 2.90. The molecule has 0 bridgehead atoms. The number of ether oxygens (including phenoxy) is 2. The highest BCUT2D eigenvalue weighted by Crippen LogP contribution is 2.29. The molecule has 100 valence electrons. The molecule has 0 saturated heterocycles. The number of hydrogen-bond acceptors (Lipinski definition) is 4. The van der Waals surface area contributed by atoms with Crippen LogP contribution in [-0.2, 0) is 6.61 Å². The first-order valence-corrected chi connectivity index (χ1v) is 7.21. The van der Waals surface area contributed by atoms with E-state index in [1.807, 2.05) is 42.6 Å². The van der Waals surface area contributed by atoms with Gasteiger partial charge in [0.2, 0.25) is 0 Å². The van der Waals surface area contributed by atoms with Crippen molar-refractivity contribution in [2.24, 2.45) is 5.73 Å². The molecular formula is C14H15NO2S2. The Balaban J connectivity index is 2.16. The van der Waals surface area contributed by atoms with Gasteiger partial charge in [-0.1, -0.05) is 18.3 Å². The van der Waals surface area contributed by atoms with Crippen LogP contribution in [0.15, 0.2) is 35.7 Å². The maximum absolute atomic E-state index is 5.77. The molecule has 3 nitrogen and oxygen atoms in total. The molecule has 0 atom stereocenters. The molecule has 0 radical (unpaired) electrons. The Kier molecular flexibility index (Phi) is 4.76. The maximum Gasteiger partial charge on any atom is 0.161 e. The number of nitrogens with two attached hydrogens (primary N) is 1. The molecule has 0 amide bonds. The molecule has 19 heavy (non-hydrogen) atoms. The quantitative estimate of drug-likeness (QED) is 0.830. The predicted molar refractivity (Wildman–Crippen MR) is 82.1 cm³/mol. The van der Waals surface area contributed by atoms with Crippen LogP contribution in [0.2, 0.25) is 0 Å². The summed E-state index contributed by atoms with van der Waals surface area (Å²) in [5.41, 5.74) is 6.40. The molecule has 1 aromatic heterocycles. The summed E-state index contributed by atoms with van der Waals surface area (Å²) in [6, 6.07) is 9.54. The van der Waals surface area contributed by atoms with Crippen LogP contribution in [0.1, 0.15) is 17.4 Å². The van der Waals surface area contributed by atoms with Crippen molar-refractivity contribution in [1.29, 1.82) is 0 Å². The van der Waals surface area contributed by atoms with Gasteiger partial charge < -0.3 is 15.2 Å². The van der Waals surface area contributed by atoms with E-state index < -0.39 is 0 Å². The van der Waals surface area contributed by atoms with Crippen molar-refractivity contribution in [3.05, 3.63) is 46.2 Å². The highest BCUT2D eigenvalue weighted by molar-refractivity contribution is 7.80. The molecule has 0 unspecified atom stereocenters. The Morgan fingerprint density at radius 2 is 2.11 bits per heavy atom. The van der Waals surface area contributed by atoms with Crippen LogP contribution in [0, 0.1) is 0 Å². The lowest BCUT2D eigenvalue weighted by atomic mass is 10.2. The summed E-state index contributed by atoms with van der Waals surface area (Å²) in [4.78, 5) is 1.52. The largest absolute Gasteiger partial charge is 0.490 e. The topological polar surface area (TPSA) is 44.5 Å². The Morgan fingerprint density at radius 1 is 1.26 bits per heavy atom. The molecule has 0 aliphatic carbocycles. The van der Waals surface area contributed by atoms with Crippen LogP contribution < -0.4 is 15.2 Å². The third kappa shape index (κ3) is 3.68. The predicted octanol–water partition coefficient (Wildman–Crippen LogP) is 3.36. The van der Waals surface area contributed by atoms with Gasteiger partial charge in [-0.2, -0.15) is 0 Å². The van der Waals surface area contributed by atoms with E-state index >= 15 is 0 Å². The van der Waals surface area contributed by atoms with Crippen molar-refractivity contribution in [3.8, 4) is 11.5 Å². The first-order chi connectivity index (χ1) is 9.20. The molecule has 0 aliphatic heterocycles. The minimum Gasteiger partial charge on any atom is -0.490 e. The van der Waals surface area contributed by atoms with Gasteiger partial charge in [-0.15, -0.1) is 11.3 Å². The number of thiophene rings is 1. The smallest absolute Gasteiger partial charge is 0.161 e. The van der Waals surface area contributed by atoms with Gasteiger partial charge in [0.15, 0.2) is 11.5 Å². The van der Waals surface area contributed by atoms with Gasteiger partial charge in [0.05, 0.1) is 6.61 Å². The SMILES string of the molecule is CCOc1cc(C(N)=S)ccc1OCc1cccs1. The first-order valence-electron chi connectivity index (χ1n) is 5.92. The molecule has 0 saturated carbocycles. The van der Waals surface area contributed by atoms with Crippen molar-refractivity contribution in [2.75, 3.05) is 6.61 Å². The molecule has 0 spiro atoms. The molecule has 1 aromatic carbocycles. The Bertz CT molecular complexity index is 553. The number of benzene rings is 1.